The van der Waals surface area contributed by atoms with Crippen LogP contribution < -0.4 is 10.2 Å². The zero-order valence-electron chi connectivity index (χ0n) is 13.0. The van der Waals surface area contributed by atoms with Crippen LogP contribution in [-0.4, -0.2) is 23.1 Å². The van der Waals surface area contributed by atoms with Gasteiger partial charge >= 0.3 is 0 Å². The average molecular weight is 361 g/mol. The van der Waals surface area contributed by atoms with Crippen molar-refractivity contribution in [1.29, 1.82) is 0 Å². The van der Waals surface area contributed by atoms with E-state index >= 15 is 0 Å². The van der Waals surface area contributed by atoms with Crippen molar-refractivity contribution in [3.05, 3.63) is 40.5 Å². The predicted molar refractivity (Wildman–Crippen MR) is 94.8 cm³/mol. The first-order valence-corrected chi connectivity index (χ1v) is 8.53. The van der Waals surface area contributed by atoms with E-state index in [0.29, 0.717) is 0 Å². The molecule has 1 aliphatic rings. The lowest BCUT2D eigenvalue weighted by atomic mass is 10.00. The van der Waals surface area contributed by atoms with Gasteiger partial charge in [0.2, 0.25) is 5.95 Å². The molecule has 1 aromatic heterocycles. The molecule has 0 atom stereocenters. The smallest absolute Gasteiger partial charge is 0.227 e. The number of nitrogens with one attached hydrogen (secondary N) is 1. The zero-order chi connectivity index (χ0) is 15.5. The van der Waals surface area contributed by atoms with Gasteiger partial charge in [-0.3, -0.25) is 0 Å². The monoisotopic (exact) mass is 360 g/mol. The van der Waals surface area contributed by atoms with Gasteiger partial charge in [-0.1, -0.05) is 28.9 Å². The Balaban J connectivity index is 1.80. The maximum absolute atomic E-state index is 4.70. The second-order valence-electron chi connectivity index (χ2n) is 6.00. The molecule has 0 amide bonds. The molecule has 1 saturated heterocycles. The molecule has 3 rings (SSSR count). The predicted octanol–water partition coefficient (Wildman–Crippen LogP) is 4.53. The number of halogens is 1. The lowest BCUT2D eigenvalue weighted by molar-refractivity contribution is 0.434. The maximum Gasteiger partial charge on any atom is 0.227 e. The summed E-state index contributed by atoms with van der Waals surface area (Å²) in [6.07, 6.45) is 2.43. The first-order valence-electron chi connectivity index (χ1n) is 7.73. The van der Waals surface area contributed by atoms with E-state index in [1.54, 1.807) is 0 Å². The van der Waals surface area contributed by atoms with Gasteiger partial charge in [0.1, 0.15) is 5.82 Å². The summed E-state index contributed by atoms with van der Waals surface area (Å²) in [5.74, 6) is 2.49. The standard InChI is InChI=1S/C17H21BrN4/c1-12-6-8-22(9-7-12)17-19-13(2)10-16(21-17)20-15-5-3-4-14(18)11-15/h3-5,10-12H,6-9H2,1-2H3,(H,19,20,21). The van der Waals surface area contributed by atoms with Gasteiger partial charge in [0.25, 0.3) is 0 Å². The molecule has 1 aromatic carbocycles. The molecule has 0 bridgehead atoms. The molecular weight excluding hydrogens is 340 g/mol. The van der Waals surface area contributed by atoms with Crippen molar-refractivity contribution in [3.8, 4) is 0 Å². The largest absolute Gasteiger partial charge is 0.341 e. The van der Waals surface area contributed by atoms with Crippen LogP contribution in [0.1, 0.15) is 25.5 Å². The summed E-state index contributed by atoms with van der Waals surface area (Å²) in [5.41, 5.74) is 2.01. The van der Waals surface area contributed by atoms with E-state index in [4.69, 9.17) is 4.98 Å². The number of aryl methyl sites for hydroxylation is 1. The molecule has 0 radical (unpaired) electrons. The number of hydrogen-bond acceptors (Lipinski definition) is 4. The van der Waals surface area contributed by atoms with Crippen molar-refractivity contribution < 1.29 is 0 Å². The van der Waals surface area contributed by atoms with Crippen LogP contribution in [0.5, 0.6) is 0 Å². The fourth-order valence-corrected chi connectivity index (χ4v) is 3.08. The highest BCUT2D eigenvalue weighted by Gasteiger charge is 2.18. The summed E-state index contributed by atoms with van der Waals surface area (Å²) >= 11 is 3.49. The molecule has 2 heterocycles. The third-order valence-electron chi connectivity index (χ3n) is 4.01. The molecule has 1 N–H and O–H groups in total. The first-order chi connectivity index (χ1) is 10.6. The fourth-order valence-electron chi connectivity index (χ4n) is 2.68. The van der Waals surface area contributed by atoms with Crippen molar-refractivity contribution in [2.24, 2.45) is 5.92 Å². The third kappa shape index (κ3) is 3.77. The molecule has 22 heavy (non-hydrogen) atoms. The van der Waals surface area contributed by atoms with Gasteiger partial charge in [-0.05, 0) is 43.9 Å². The van der Waals surface area contributed by atoms with E-state index in [1.807, 2.05) is 37.3 Å². The minimum Gasteiger partial charge on any atom is -0.341 e. The molecule has 116 valence electrons. The van der Waals surface area contributed by atoms with E-state index in [0.717, 1.165) is 46.6 Å². The van der Waals surface area contributed by atoms with Crippen LogP contribution in [0.15, 0.2) is 34.8 Å². The Morgan fingerprint density at radius 1 is 1.18 bits per heavy atom. The number of benzene rings is 1. The third-order valence-corrected chi connectivity index (χ3v) is 4.50. The Labute approximate surface area is 140 Å². The minimum absolute atomic E-state index is 0.806. The Kier molecular flexibility index (Phi) is 4.62. The number of rotatable bonds is 3. The van der Waals surface area contributed by atoms with E-state index in [1.165, 1.54) is 12.8 Å². The second kappa shape index (κ2) is 6.65. The summed E-state index contributed by atoms with van der Waals surface area (Å²) in [6, 6.07) is 10.1. The van der Waals surface area contributed by atoms with Gasteiger partial charge in [0, 0.05) is 35.0 Å². The molecule has 2 aromatic rings. The molecule has 5 heteroatoms. The Morgan fingerprint density at radius 2 is 1.95 bits per heavy atom. The van der Waals surface area contributed by atoms with Crippen molar-refractivity contribution >= 4 is 33.4 Å². The van der Waals surface area contributed by atoms with Crippen LogP contribution in [0.3, 0.4) is 0 Å². The molecule has 1 aliphatic heterocycles. The summed E-state index contributed by atoms with van der Waals surface area (Å²) in [7, 11) is 0. The van der Waals surface area contributed by atoms with Crippen LogP contribution in [0.25, 0.3) is 0 Å². The lowest BCUT2D eigenvalue weighted by Gasteiger charge is -2.30. The van der Waals surface area contributed by atoms with E-state index in [-0.39, 0.29) is 0 Å². The Morgan fingerprint density at radius 3 is 2.68 bits per heavy atom. The van der Waals surface area contributed by atoms with Gasteiger partial charge in [-0.2, -0.15) is 4.98 Å². The quantitative estimate of drug-likeness (QED) is 0.872. The average Bonchev–Trinajstić information content (AvgIpc) is 2.47. The van der Waals surface area contributed by atoms with Crippen LogP contribution in [0.4, 0.5) is 17.5 Å². The van der Waals surface area contributed by atoms with Crippen LogP contribution in [0.2, 0.25) is 0 Å². The Bertz CT molecular complexity index is 651. The zero-order valence-corrected chi connectivity index (χ0v) is 14.6. The van der Waals surface area contributed by atoms with Crippen molar-refractivity contribution in [2.45, 2.75) is 26.7 Å². The normalized spacial score (nSPS) is 15.9. The fraction of sp³-hybridized carbons (Fsp3) is 0.412. The van der Waals surface area contributed by atoms with E-state index in [2.05, 4.69) is 38.1 Å². The SMILES string of the molecule is Cc1cc(Nc2cccc(Br)c2)nc(N2CCC(C)CC2)n1. The summed E-state index contributed by atoms with van der Waals surface area (Å²) in [5, 5.41) is 3.37. The highest BCUT2D eigenvalue weighted by atomic mass is 79.9. The topological polar surface area (TPSA) is 41.1 Å². The van der Waals surface area contributed by atoms with Gasteiger partial charge in [0.15, 0.2) is 0 Å². The molecular formula is C17H21BrN4. The highest BCUT2D eigenvalue weighted by molar-refractivity contribution is 9.10. The van der Waals surface area contributed by atoms with Crippen molar-refractivity contribution in [2.75, 3.05) is 23.3 Å². The van der Waals surface area contributed by atoms with Gasteiger partial charge in [-0.25, -0.2) is 4.98 Å². The maximum atomic E-state index is 4.70. The number of hydrogen-bond donors (Lipinski definition) is 1. The van der Waals surface area contributed by atoms with E-state index in [9.17, 15) is 0 Å². The number of aromatic nitrogens is 2. The van der Waals surface area contributed by atoms with Gasteiger partial charge in [-0.15, -0.1) is 0 Å². The van der Waals surface area contributed by atoms with Crippen LogP contribution in [0, 0.1) is 12.8 Å². The second-order valence-corrected chi connectivity index (χ2v) is 6.92. The number of nitrogens with zero attached hydrogens (tertiary/aromatic N) is 3. The van der Waals surface area contributed by atoms with Crippen molar-refractivity contribution in [1.82, 2.24) is 9.97 Å². The van der Waals surface area contributed by atoms with Crippen molar-refractivity contribution in [3.63, 3.8) is 0 Å². The molecule has 1 fully saturated rings. The molecule has 0 saturated carbocycles. The van der Waals surface area contributed by atoms with Crippen LogP contribution >= 0.6 is 15.9 Å². The van der Waals surface area contributed by atoms with Gasteiger partial charge < -0.3 is 10.2 Å². The summed E-state index contributed by atoms with van der Waals surface area (Å²) in [4.78, 5) is 11.6. The molecule has 0 unspecified atom stereocenters. The van der Waals surface area contributed by atoms with E-state index < -0.39 is 0 Å². The first kappa shape index (κ1) is 15.3. The Hall–Kier alpha value is -1.62. The highest BCUT2D eigenvalue weighted by Crippen LogP contribution is 2.24. The minimum atomic E-state index is 0.806. The van der Waals surface area contributed by atoms with Crippen LogP contribution in [-0.2, 0) is 0 Å². The number of piperidine rings is 1. The lowest BCUT2D eigenvalue weighted by Crippen LogP contribution is -2.34. The summed E-state index contributed by atoms with van der Waals surface area (Å²) in [6.45, 7) is 6.42. The summed E-state index contributed by atoms with van der Waals surface area (Å²) < 4.78 is 1.05. The number of anilines is 3. The molecule has 0 spiro atoms. The molecule has 4 nitrogen and oxygen atoms in total. The molecule has 0 aliphatic carbocycles. The van der Waals surface area contributed by atoms with Gasteiger partial charge in [0.05, 0.1) is 0 Å².